The number of carbonyl (C=O) groups is 2. The molecule has 3 rings (SSSR count). The van der Waals surface area contributed by atoms with Crippen molar-refractivity contribution >= 4 is 21.8 Å². The molecule has 172 valence electrons. The van der Waals surface area contributed by atoms with Crippen LogP contribution < -0.4 is 0 Å². The number of rotatable bonds is 3. The summed E-state index contributed by atoms with van der Waals surface area (Å²) in [4.78, 5) is 28.4. The van der Waals surface area contributed by atoms with Gasteiger partial charge in [-0.2, -0.15) is 4.31 Å². The molecule has 2 amide bonds. The summed E-state index contributed by atoms with van der Waals surface area (Å²) >= 11 is 0. The fourth-order valence-electron chi connectivity index (χ4n) is 4.07. The zero-order valence-corrected chi connectivity index (χ0v) is 18.9. The third-order valence-corrected chi connectivity index (χ3v) is 7.69. The number of nitrogens with zero attached hydrogens (tertiary/aromatic N) is 3. The molecule has 2 aliphatic heterocycles. The van der Waals surface area contributed by atoms with Crippen LogP contribution in [0.5, 0.6) is 0 Å². The molecule has 0 N–H and O–H groups in total. The summed E-state index contributed by atoms with van der Waals surface area (Å²) < 4.78 is 53.7. The topological polar surface area (TPSA) is 78.0 Å². The third-order valence-electron chi connectivity index (χ3n) is 5.76. The highest BCUT2D eigenvalue weighted by Gasteiger charge is 2.37. The quantitative estimate of drug-likeness (QED) is 0.696. The molecule has 0 bridgehead atoms. The van der Waals surface area contributed by atoms with Crippen molar-refractivity contribution in [3.05, 3.63) is 29.8 Å². The highest BCUT2D eigenvalue weighted by atomic mass is 32.2. The Bertz CT molecular complexity index is 954. The lowest BCUT2D eigenvalue weighted by molar-refractivity contribution is -0.145. The van der Waals surface area contributed by atoms with Gasteiger partial charge in [-0.1, -0.05) is 20.8 Å². The van der Waals surface area contributed by atoms with E-state index in [1.165, 1.54) is 0 Å². The highest BCUT2D eigenvalue weighted by Crippen LogP contribution is 2.26. The number of piperazine rings is 1. The Morgan fingerprint density at radius 3 is 2.23 bits per heavy atom. The molecule has 2 aliphatic rings. The van der Waals surface area contributed by atoms with Crippen molar-refractivity contribution in [2.45, 2.75) is 38.5 Å². The molecular formula is C21H29F2N3O4S. The van der Waals surface area contributed by atoms with Crippen molar-refractivity contribution in [1.82, 2.24) is 14.1 Å². The van der Waals surface area contributed by atoms with E-state index in [0.717, 1.165) is 22.9 Å². The summed E-state index contributed by atoms with van der Waals surface area (Å²) in [5.74, 6) is -2.36. The van der Waals surface area contributed by atoms with Gasteiger partial charge in [-0.3, -0.25) is 9.59 Å². The van der Waals surface area contributed by atoms with Gasteiger partial charge in [-0.15, -0.1) is 0 Å². The number of sulfonamides is 1. The molecule has 2 fully saturated rings. The van der Waals surface area contributed by atoms with Crippen LogP contribution in [0, 0.1) is 23.0 Å². The van der Waals surface area contributed by atoms with Crippen molar-refractivity contribution in [1.29, 1.82) is 0 Å². The molecule has 2 heterocycles. The van der Waals surface area contributed by atoms with Gasteiger partial charge >= 0.3 is 0 Å². The molecule has 1 atom stereocenters. The van der Waals surface area contributed by atoms with Crippen LogP contribution in [0.2, 0.25) is 0 Å². The Balaban J connectivity index is 1.62. The van der Waals surface area contributed by atoms with Gasteiger partial charge in [0, 0.05) is 50.7 Å². The monoisotopic (exact) mass is 457 g/mol. The van der Waals surface area contributed by atoms with Crippen molar-refractivity contribution < 1.29 is 26.8 Å². The molecule has 0 radical (unpaired) electrons. The minimum Gasteiger partial charge on any atom is -0.341 e. The number of halogens is 2. The first-order chi connectivity index (χ1) is 14.4. The van der Waals surface area contributed by atoms with Crippen molar-refractivity contribution in [3.63, 3.8) is 0 Å². The summed E-state index contributed by atoms with van der Waals surface area (Å²) in [6.45, 7) is 6.99. The third kappa shape index (κ3) is 5.06. The smallest absolute Gasteiger partial charge is 0.246 e. The summed E-state index contributed by atoms with van der Waals surface area (Å²) in [5.41, 5.74) is -0.513. The second-order valence-electron chi connectivity index (χ2n) is 9.14. The van der Waals surface area contributed by atoms with Crippen molar-refractivity contribution in [3.8, 4) is 0 Å². The lowest BCUT2D eigenvalue weighted by atomic mass is 9.90. The van der Waals surface area contributed by atoms with E-state index in [-0.39, 0.29) is 43.9 Å². The van der Waals surface area contributed by atoms with Crippen LogP contribution >= 0.6 is 0 Å². The molecule has 0 aliphatic carbocycles. The number of likely N-dealkylation sites (tertiary alicyclic amines) is 1. The highest BCUT2D eigenvalue weighted by molar-refractivity contribution is 7.89. The van der Waals surface area contributed by atoms with Crippen molar-refractivity contribution in [2.75, 3.05) is 39.3 Å². The lowest BCUT2D eigenvalue weighted by Gasteiger charge is -2.39. The molecule has 0 aromatic heterocycles. The fourth-order valence-corrected chi connectivity index (χ4v) is 5.54. The fraction of sp³-hybridized carbons (Fsp3) is 0.619. The van der Waals surface area contributed by atoms with E-state index >= 15 is 0 Å². The predicted molar refractivity (Wildman–Crippen MR) is 110 cm³/mol. The van der Waals surface area contributed by atoms with Crippen molar-refractivity contribution in [2.24, 2.45) is 11.3 Å². The van der Waals surface area contributed by atoms with Crippen LogP contribution in [0.15, 0.2) is 23.1 Å². The number of amides is 2. The first kappa shape index (κ1) is 23.6. The van der Waals surface area contributed by atoms with Crippen LogP contribution in [0.1, 0.15) is 33.6 Å². The van der Waals surface area contributed by atoms with Crippen LogP contribution in [-0.4, -0.2) is 73.6 Å². The van der Waals surface area contributed by atoms with E-state index < -0.39 is 32.0 Å². The van der Waals surface area contributed by atoms with E-state index in [9.17, 15) is 26.8 Å². The second-order valence-corrected chi connectivity index (χ2v) is 11.1. The minimum absolute atomic E-state index is 0.0160. The molecule has 2 saturated heterocycles. The molecule has 1 aromatic carbocycles. The van der Waals surface area contributed by atoms with Crippen LogP contribution in [-0.2, 0) is 19.6 Å². The second kappa shape index (κ2) is 8.82. The number of benzene rings is 1. The zero-order valence-electron chi connectivity index (χ0n) is 18.1. The Kier molecular flexibility index (Phi) is 6.71. The SMILES string of the molecule is CC(C)(C)C(=O)N1CCCC(C(=O)N2CCN(S(=O)(=O)c3ccc(F)cc3F)CC2)C1. The normalized spacial score (nSPS) is 21.3. The maximum absolute atomic E-state index is 14.0. The lowest BCUT2D eigenvalue weighted by Crippen LogP contribution is -2.54. The number of hydrogen-bond acceptors (Lipinski definition) is 4. The molecule has 31 heavy (non-hydrogen) atoms. The summed E-state index contributed by atoms with van der Waals surface area (Å²) in [6, 6.07) is 2.37. The van der Waals surface area contributed by atoms with E-state index in [4.69, 9.17) is 0 Å². The Labute approximate surface area is 182 Å². The number of carbonyl (C=O) groups excluding carboxylic acids is 2. The van der Waals surface area contributed by atoms with Gasteiger partial charge < -0.3 is 9.80 Å². The van der Waals surface area contributed by atoms with Crippen LogP contribution in [0.3, 0.4) is 0 Å². The van der Waals surface area contributed by atoms with Crippen LogP contribution in [0.4, 0.5) is 8.78 Å². The number of piperidine rings is 1. The molecule has 7 nitrogen and oxygen atoms in total. The number of hydrogen-bond donors (Lipinski definition) is 0. The molecular weight excluding hydrogens is 428 g/mol. The molecule has 1 aromatic rings. The average molecular weight is 458 g/mol. The van der Waals surface area contributed by atoms with E-state index in [1.807, 2.05) is 20.8 Å². The average Bonchev–Trinajstić information content (AvgIpc) is 2.72. The first-order valence-corrected chi connectivity index (χ1v) is 11.9. The maximum atomic E-state index is 14.0. The van der Waals surface area contributed by atoms with Gasteiger partial charge in [-0.25, -0.2) is 17.2 Å². The molecule has 1 unspecified atom stereocenters. The maximum Gasteiger partial charge on any atom is 0.246 e. The molecule has 0 spiro atoms. The van der Waals surface area contributed by atoms with Gasteiger partial charge in [0.05, 0.1) is 5.92 Å². The molecule has 10 heteroatoms. The summed E-state index contributed by atoms with van der Waals surface area (Å²) in [6.07, 6.45) is 1.43. The van der Waals surface area contributed by atoms with Gasteiger partial charge in [0.25, 0.3) is 0 Å². The van der Waals surface area contributed by atoms with E-state index in [0.29, 0.717) is 25.6 Å². The largest absolute Gasteiger partial charge is 0.341 e. The van der Waals surface area contributed by atoms with E-state index in [2.05, 4.69) is 0 Å². The standard InChI is InChI=1S/C21H29F2N3O4S/c1-21(2,3)20(28)25-8-4-5-15(14-25)19(27)24-9-11-26(12-10-24)31(29,30)18-7-6-16(22)13-17(18)23/h6-7,13,15H,4-5,8-12,14H2,1-3H3. The summed E-state index contributed by atoms with van der Waals surface area (Å²) in [5, 5.41) is 0. The Morgan fingerprint density at radius 2 is 1.65 bits per heavy atom. The zero-order chi connectivity index (χ0) is 23.0. The van der Waals surface area contributed by atoms with E-state index in [1.54, 1.807) is 9.80 Å². The van der Waals surface area contributed by atoms with Gasteiger partial charge in [0.15, 0.2) is 0 Å². The molecule has 0 saturated carbocycles. The Morgan fingerprint density at radius 1 is 1.00 bits per heavy atom. The van der Waals surface area contributed by atoms with Gasteiger partial charge in [-0.05, 0) is 25.0 Å². The van der Waals surface area contributed by atoms with Crippen LogP contribution in [0.25, 0.3) is 0 Å². The van der Waals surface area contributed by atoms with Gasteiger partial charge in [0.2, 0.25) is 21.8 Å². The first-order valence-electron chi connectivity index (χ1n) is 10.4. The van der Waals surface area contributed by atoms with Gasteiger partial charge in [0.1, 0.15) is 16.5 Å². The Hall–Kier alpha value is -2.07. The summed E-state index contributed by atoms with van der Waals surface area (Å²) in [7, 11) is -4.12. The predicted octanol–water partition coefficient (Wildman–Crippen LogP) is 2.08. The minimum atomic E-state index is -4.12.